The minimum Gasteiger partial charge on any atom is -0.377 e. The number of rotatable bonds is 6. The predicted molar refractivity (Wildman–Crippen MR) is 167 cm³/mol. The minimum atomic E-state index is -0.294. The van der Waals surface area contributed by atoms with Crippen LogP contribution < -0.4 is 25.3 Å². The van der Waals surface area contributed by atoms with Crippen molar-refractivity contribution in [1.82, 2.24) is 19.9 Å². The molecule has 5 heterocycles. The van der Waals surface area contributed by atoms with E-state index in [4.69, 9.17) is 24.4 Å². The monoisotopic (exact) mass is 585 g/mol. The van der Waals surface area contributed by atoms with Gasteiger partial charge in [0.1, 0.15) is 0 Å². The van der Waals surface area contributed by atoms with Gasteiger partial charge in [0, 0.05) is 61.9 Å². The lowest BCUT2D eigenvalue weighted by atomic mass is 10.2. The average Bonchev–Trinajstić information content (AvgIpc) is 3.67. The van der Waals surface area contributed by atoms with Gasteiger partial charge in [0.25, 0.3) is 0 Å². The molecule has 3 atom stereocenters. The third-order valence-electron chi connectivity index (χ3n) is 8.79. The zero-order valence-corrected chi connectivity index (χ0v) is 24.8. The van der Waals surface area contributed by atoms with E-state index in [1.165, 1.54) is 5.69 Å². The van der Waals surface area contributed by atoms with E-state index in [1.54, 1.807) is 0 Å². The zero-order valence-electron chi connectivity index (χ0n) is 24.8. The van der Waals surface area contributed by atoms with Gasteiger partial charge in [-0.05, 0) is 68.9 Å². The Morgan fingerprint density at radius 1 is 0.837 bits per heavy atom. The molecule has 43 heavy (non-hydrogen) atoms. The molecule has 2 bridgehead atoms. The lowest BCUT2D eigenvalue weighted by Gasteiger charge is -2.34. The number of ether oxygens (including phenoxy) is 2. The third-order valence-corrected chi connectivity index (χ3v) is 8.79. The predicted octanol–water partition coefficient (Wildman–Crippen LogP) is 3.14. The van der Waals surface area contributed by atoms with Gasteiger partial charge in [-0.3, -0.25) is 0 Å². The van der Waals surface area contributed by atoms with Crippen LogP contribution in [0.4, 0.5) is 33.8 Å². The van der Waals surface area contributed by atoms with E-state index >= 15 is 0 Å². The molecule has 12 heteroatoms. The van der Waals surface area contributed by atoms with Crippen molar-refractivity contribution < 1.29 is 14.3 Å². The summed E-state index contributed by atoms with van der Waals surface area (Å²) in [6.07, 6.45) is 1.25. The summed E-state index contributed by atoms with van der Waals surface area (Å²) in [6.45, 7) is 9.77. The molecular weight excluding hydrogens is 546 g/mol. The fraction of sp³-hybridized carbons (Fsp3) is 0.484. The molecule has 4 saturated heterocycles. The number of fused-ring (bicyclic) bond motifs is 2. The molecule has 0 saturated carbocycles. The van der Waals surface area contributed by atoms with Crippen molar-refractivity contribution in [3.8, 4) is 11.4 Å². The SMILES string of the molecule is CC1COCCN1c1nc(-c2ccc(NC(=O)Nc3ccc(N4CCN(C)CC4)cc3)cc2)nc(N2C[C@@H]3C[C@H]2CO3)n1. The highest BCUT2D eigenvalue weighted by molar-refractivity contribution is 5.99. The first-order chi connectivity index (χ1) is 21.0. The van der Waals surface area contributed by atoms with Crippen molar-refractivity contribution in [2.75, 3.05) is 91.5 Å². The maximum absolute atomic E-state index is 12.8. The molecule has 12 nitrogen and oxygen atoms in total. The fourth-order valence-corrected chi connectivity index (χ4v) is 6.23. The molecular formula is C31H39N9O3. The average molecular weight is 586 g/mol. The lowest BCUT2D eigenvalue weighted by Crippen LogP contribution is -2.45. The number of anilines is 5. The Labute approximate surface area is 252 Å². The number of amides is 2. The highest BCUT2D eigenvalue weighted by atomic mass is 16.5. The van der Waals surface area contributed by atoms with Crippen LogP contribution in [0.2, 0.25) is 0 Å². The smallest absolute Gasteiger partial charge is 0.323 e. The topological polar surface area (TPSA) is 111 Å². The molecule has 1 aromatic heterocycles. The van der Waals surface area contributed by atoms with Gasteiger partial charge in [-0.2, -0.15) is 15.0 Å². The summed E-state index contributed by atoms with van der Waals surface area (Å²) in [5.74, 6) is 1.97. The van der Waals surface area contributed by atoms with Crippen LogP contribution in [-0.2, 0) is 9.47 Å². The van der Waals surface area contributed by atoms with Crippen LogP contribution in [0.3, 0.4) is 0 Å². The second kappa shape index (κ2) is 11.9. The van der Waals surface area contributed by atoms with Gasteiger partial charge < -0.3 is 39.7 Å². The molecule has 3 aromatic rings. The molecule has 1 unspecified atom stereocenters. The number of piperazine rings is 1. The molecule has 2 amide bonds. The summed E-state index contributed by atoms with van der Waals surface area (Å²) in [5, 5.41) is 5.86. The molecule has 0 radical (unpaired) electrons. The number of nitrogens with zero attached hydrogens (tertiary/aromatic N) is 7. The summed E-state index contributed by atoms with van der Waals surface area (Å²) in [4.78, 5) is 36.6. The summed E-state index contributed by atoms with van der Waals surface area (Å²) < 4.78 is 11.5. The number of likely N-dealkylation sites (N-methyl/N-ethyl adjacent to an activating group) is 1. The maximum Gasteiger partial charge on any atom is 0.323 e. The number of carbonyl (C=O) groups excluding carboxylic acids is 1. The van der Waals surface area contributed by atoms with Crippen LogP contribution in [0.1, 0.15) is 13.3 Å². The Balaban J connectivity index is 1.04. The van der Waals surface area contributed by atoms with E-state index in [-0.39, 0.29) is 18.2 Å². The summed E-state index contributed by atoms with van der Waals surface area (Å²) in [5.41, 5.74) is 3.46. The van der Waals surface area contributed by atoms with Crippen molar-refractivity contribution in [3.05, 3.63) is 48.5 Å². The number of hydrogen-bond acceptors (Lipinski definition) is 10. The van der Waals surface area contributed by atoms with E-state index in [9.17, 15) is 4.79 Å². The molecule has 226 valence electrons. The molecule has 2 N–H and O–H groups in total. The van der Waals surface area contributed by atoms with Crippen LogP contribution in [-0.4, -0.2) is 110 Å². The van der Waals surface area contributed by atoms with Crippen molar-refractivity contribution in [2.24, 2.45) is 0 Å². The van der Waals surface area contributed by atoms with Gasteiger partial charge in [0.2, 0.25) is 11.9 Å². The van der Waals surface area contributed by atoms with Crippen molar-refractivity contribution in [3.63, 3.8) is 0 Å². The Kier molecular flexibility index (Phi) is 7.72. The number of aromatic nitrogens is 3. The Bertz CT molecular complexity index is 1410. The molecule has 0 aliphatic carbocycles. The first-order valence-electron chi connectivity index (χ1n) is 15.2. The van der Waals surface area contributed by atoms with Crippen molar-refractivity contribution >= 4 is 35.0 Å². The van der Waals surface area contributed by atoms with Crippen LogP contribution >= 0.6 is 0 Å². The second-order valence-electron chi connectivity index (χ2n) is 11.9. The van der Waals surface area contributed by atoms with E-state index in [0.717, 1.165) is 56.9 Å². The van der Waals surface area contributed by atoms with E-state index in [2.05, 4.69) is 56.3 Å². The number of carbonyl (C=O) groups is 1. The lowest BCUT2D eigenvalue weighted by molar-refractivity contribution is 0.0974. The quantitative estimate of drug-likeness (QED) is 0.448. The maximum atomic E-state index is 12.8. The molecule has 2 aromatic carbocycles. The van der Waals surface area contributed by atoms with Crippen molar-refractivity contribution in [1.29, 1.82) is 0 Å². The fourth-order valence-electron chi connectivity index (χ4n) is 6.23. The Hall–Kier alpha value is -4.00. The summed E-state index contributed by atoms with van der Waals surface area (Å²) in [7, 11) is 2.15. The minimum absolute atomic E-state index is 0.170. The van der Waals surface area contributed by atoms with Gasteiger partial charge in [-0.25, -0.2) is 4.79 Å². The number of morpholine rings is 2. The van der Waals surface area contributed by atoms with Crippen LogP contribution in [0.25, 0.3) is 11.4 Å². The van der Waals surface area contributed by atoms with Gasteiger partial charge in [-0.1, -0.05) is 0 Å². The van der Waals surface area contributed by atoms with E-state index < -0.39 is 0 Å². The van der Waals surface area contributed by atoms with E-state index in [1.807, 2.05) is 36.4 Å². The number of nitrogens with one attached hydrogen (secondary N) is 2. The second-order valence-corrected chi connectivity index (χ2v) is 11.9. The van der Waals surface area contributed by atoms with Crippen LogP contribution in [0, 0.1) is 0 Å². The van der Waals surface area contributed by atoms with Crippen LogP contribution in [0.15, 0.2) is 48.5 Å². The Morgan fingerprint density at radius 2 is 1.51 bits per heavy atom. The highest BCUT2D eigenvalue weighted by Crippen LogP contribution is 2.33. The molecule has 4 fully saturated rings. The first kappa shape index (κ1) is 27.8. The largest absolute Gasteiger partial charge is 0.377 e. The molecule has 0 spiro atoms. The molecule has 4 aliphatic heterocycles. The third kappa shape index (κ3) is 6.08. The van der Waals surface area contributed by atoms with Gasteiger partial charge in [0.15, 0.2) is 5.82 Å². The van der Waals surface area contributed by atoms with Gasteiger partial charge >= 0.3 is 6.03 Å². The standard InChI is InChI=1S/C31H39N9O3/c1-21-19-42-16-15-39(21)29-34-28(35-30(36-29)40-18-27-17-26(40)20-43-27)22-3-5-23(6-4-22)32-31(41)33-24-7-9-25(10-8-24)38-13-11-37(2)12-14-38/h3-10,21,26-27H,11-20H2,1-2H3,(H2,32,33,41)/t21?,26-,27-/m0/s1. The van der Waals surface area contributed by atoms with Crippen LogP contribution in [0.5, 0.6) is 0 Å². The van der Waals surface area contributed by atoms with E-state index in [0.29, 0.717) is 49.3 Å². The number of urea groups is 1. The van der Waals surface area contributed by atoms with Gasteiger partial charge in [0.05, 0.1) is 38.0 Å². The first-order valence-corrected chi connectivity index (χ1v) is 15.2. The number of hydrogen-bond donors (Lipinski definition) is 2. The van der Waals surface area contributed by atoms with Crippen molar-refractivity contribution in [2.45, 2.75) is 31.5 Å². The molecule has 4 aliphatic rings. The summed E-state index contributed by atoms with van der Waals surface area (Å²) in [6, 6.07) is 15.8. The summed E-state index contributed by atoms with van der Waals surface area (Å²) >= 11 is 0. The molecule has 7 rings (SSSR count). The normalized spacial score (nSPS) is 24.0. The zero-order chi connectivity index (χ0) is 29.3. The Morgan fingerprint density at radius 3 is 2.14 bits per heavy atom. The van der Waals surface area contributed by atoms with Gasteiger partial charge in [-0.15, -0.1) is 0 Å². The highest BCUT2D eigenvalue weighted by Gasteiger charge is 2.41. The number of benzene rings is 2.